The van der Waals surface area contributed by atoms with Gasteiger partial charge in [0, 0.05) is 23.0 Å². The molecule has 150 valence electrons. The first-order valence-electron chi connectivity index (χ1n) is 10.3. The number of aromatic nitrogens is 1. The molecule has 0 saturated carbocycles. The molecule has 1 aliphatic rings. The van der Waals surface area contributed by atoms with Crippen molar-refractivity contribution in [2.24, 2.45) is 4.99 Å². The van der Waals surface area contributed by atoms with Crippen LogP contribution in [0.5, 0.6) is 5.88 Å². The third-order valence-electron chi connectivity index (χ3n) is 5.84. The number of pyridine rings is 1. The fourth-order valence-corrected chi connectivity index (χ4v) is 4.21. The number of fused-ring (bicyclic) bond motifs is 1. The van der Waals surface area contributed by atoms with E-state index >= 15 is 0 Å². The number of aromatic hydroxyl groups is 1. The van der Waals surface area contributed by atoms with E-state index < -0.39 is 0 Å². The summed E-state index contributed by atoms with van der Waals surface area (Å²) >= 11 is 0. The van der Waals surface area contributed by atoms with Gasteiger partial charge in [-0.2, -0.15) is 0 Å². The highest BCUT2D eigenvalue weighted by molar-refractivity contribution is 6.01. The number of benzene rings is 2. The molecule has 5 nitrogen and oxygen atoms in total. The number of likely N-dealkylation sites (tertiary alicyclic amines) is 1. The maximum absolute atomic E-state index is 13.1. The summed E-state index contributed by atoms with van der Waals surface area (Å²) < 4.78 is 1.37. The first-order valence-corrected chi connectivity index (χ1v) is 10.3. The minimum atomic E-state index is -0.230. The summed E-state index contributed by atoms with van der Waals surface area (Å²) in [6, 6.07) is 15.4. The molecule has 1 saturated heterocycles. The second-order valence-corrected chi connectivity index (χ2v) is 7.68. The Morgan fingerprint density at radius 3 is 2.59 bits per heavy atom. The molecule has 1 N–H and O–H groups in total. The van der Waals surface area contributed by atoms with Crippen molar-refractivity contribution in [2.75, 3.05) is 19.6 Å². The van der Waals surface area contributed by atoms with Gasteiger partial charge in [0.05, 0.1) is 17.8 Å². The van der Waals surface area contributed by atoms with Crippen LogP contribution in [-0.4, -0.2) is 46.5 Å². The smallest absolute Gasteiger partial charge is 0.265 e. The lowest BCUT2D eigenvalue weighted by Crippen LogP contribution is -2.31. The van der Waals surface area contributed by atoms with Crippen LogP contribution in [0.3, 0.4) is 0 Å². The van der Waals surface area contributed by atoms with Gasteiger partial charge in [-0.15, -0.1) is 0 Å². The van der Waals surface area contributed by atoms with Gasteiger partial charge in [-0.3, -0.25) is 14.7 Å². The average Bonchev–Trinajstić information content (AvgIpc) is 3.19. The first-order chi connectivity index (χ1) is 14.1. The monoisotopic (exact) mass is 389 g/mol. The zero-order valence-corrected chi connectivity index (χ0v) is 17.0. The number of aliphatic imine (C=N–C) groups is 1. The molecular weight excluding hydrogens is 362 g/mol. The van der Waals surface area contributed by atoms with Crippen molar-refractivity contribution >= 4 is 17.0 Å². The minimum Gasteiger partial charge on any atom is -0.494 e. The van der Waals surface area contributed by atoms with E-state index in [9.17, 15) is 9.90 Å². The maximum Gasteiger partial charge on any atom is 0.265 e. The van der Waals surface area contributed by atoms with E-state index in [2.05, 4.69) is 16.8 Å². The SMILES string of the molecule is CCN1CCC[C@@H]1CN=Cc1c(O)n(-c2ccc(C)cc2)c(=O)c2ccccc12. The van der Waals surface area contributed by atoms with Gasteiger partial charge in [0.2, 0.25) is 5.88 Å². The molecule has 2 aromatic carbocycles. The third-order valence-corrected chi connectivity index (χ3v) is 5.84. The fourth-order valence-electron chi connectivity index (χ4n) is 4.21. The maximum atomic E-state index is 13.1. The zero-order valence-electron chi connectivity index (χ0n) is 17.0. The Morgan fingerprint density at radius 2 is 1.86 bits per heavy atom. The number of hydrogen-bond donors (Lipinski definition) is 1. The number of rotatable bonds is 5. The van der Waals surface area contributed by atoms with Gasteiger partial charge in [0.25, 0.3) is 5.56 Å². The Hall–Kier alpha value is -2.92. The van der Waals surface area contributed by atoms with Crippen LogP contribution >= 0.6 is 0 Å². The summed E-state index contributed by atoms with van der Waals surface area (Å²) in [6.45, 7) is 7.04. The summed E-state index contributed by atoms with van der Waals surface area (Å²) in [5.41, 5.74) is 2.10. The highest BCUT2D eigenvalue weighted by Gasteiger charge is 2.22. The molecule has 0 bridgehead atoms. The van der Waals surface area contributed by atoms with E-state index in [-0.39, 0.29) is 11.4 Å². The predicted octanol–water partition coefficient (Wildman–Crippen LogP) is 3.91. The van der Waals surface area contributed by atoms with Gasteiger partial charge in [-0.25, -0.2) is 4.57 Å². The molecule has 1 fully saturated rings. The molecule has 0 unspecified atom stereocenters. The molecule has 0 radical (unpaired) electrons. The third kappa shape index (κ3) is 3.70. The lowest BCUT2D eigenvalue weighted by Gasteiger charge is -2.20. The van der Waals surface area contributed by atoms with Crippen molar-refractivity contribution < 1.29 is 5.11 Å². The number of hydrogen-bond acceptors (Lipinski definition) is 4. The van der Waals surface area contributed by atoms with E-state index in [1.807, 2.05) is 49.4 Å². The van der Waals surface area contributed by atoms with Crippen molar-refractivity contribution in [3.05, 3.63) is 70.0 Å². The lowest BCUT2D eigenvalue weighted by atomic mass is 10.1. The quantitative estimate of drug-likeness (QED) is 0.673. The molecule has 3 aromatic rings. The molecule has 0 aliphatic carbocycles. The first kappa shape index (κ1) is 19.4. The molecule has 5 heteroatoms. The van der Waals surface area contributed by atoms with Gasteiger partial charge in [-0.1, -0.05) is 42.8 Å². The largest absolute Gasteiger partial charge is 0.494 e. The van der Waals surface area contributed by atoms with Gasteiger partial charge >= 0.3 is 0 Å². The molecular formula is C24H27N3O2. The molecule has 1 aromatic heterocycles. The van der Waals surface area contributed by atoms with Crippen LogP contribution in [0.2, 0.25) is 0 Å². The van der Waals surface area contributed by atoms with Crippen LogP contribution in [-0.2, 0) is 0 Å². The van der Waals surface area contributed by atoms with Crippen LogP contribution in [0.4, 0.5) is 0 Å². The summed E-state index contributed by atoms with van der Waals surface area (Å²) in [6.07, 6.45) is 4.09. The molecule has 0 amide bonds. The number of likely N-dealkylation sites (N-methyl/N-ethyl adjacent to an activating group) is 1. The van der Waals surface area contributed by atoms with Gasteiger partial charge in [-0.05, 0) is 51.1 Å². The van der Waals surface area contributed by atoms with Gasteiger partial charge in [0.15, 0.2) is 0 Å². The Morgan fingerprint density at radius 1 is 1.14 bits per heavy atom. The summed E-state index contributed by atoms with van der Waals surface area (Å²) in [7, 11) is 0. The highest BCUT2D eigenvalue weighted by Crippen LogP contribution is 2.26. The summed E-state index contributed by atoms with van der Waals surface area (Å²) in [5.74, 6) is -0.0694. The summed E-state index contributed by atoms with van der Waals surface area (Å²) in [4.78, 5) is 20.2. The topological polar surface area (TPSA) is 57.8 Å². The number of aryl methyl sites for hydroxylation is 1. The van der Waals surface area contributed by atoms with Crippen molar-refractivity contribution in [3.63, 3.8) is 0 Å². The van der Waals surface area contributed by atoms with Gasteiger partial charge in [0.1, 0.15) is 0 Å². The van der Waals surface area contributed by atoms with Crippen LogP contribution in [0.15, 0.2) is 58.3 Å². The van der Waals surface area contributed by atoms with E-state index in [1.54, 1.807) is 12.3 Å². The van der Waals surface area contributed by atoms with Crippen LogP contribution in [0.1, 0.15) is 30.9 Å². The zero-order chi connectivity index (χ0) is 20.4. The average molecular weight is 389 g/mol. The minimum absolute atomic E-state index is 0.0694. The standard InChI is InChI=1S/C24H27N3O2/c1-3-26-14-6-7-19(26)15-25-16-22-20-8-4-5-9-21(20)23(28)27(24(22)29)18-12-10-17(2)11-13-18/h4-5,8-13,16,19,29H,3,6-7,14-15H2,1-2H3/t19-/m1/s1. The Labute approximate surface area is 170 Å². The summed E-state index contributed by atoms with van der Waals surface area (Å²) in [5, 5.41) is 12.3. The second kappa shape index (κ2) is 8.21. The van der Waals surface area contributed by atoms with Gasteiger partial charge < -0.3 is 5.11 Å². The van der Waals surface area contributed by atoms with E-state index in [1.165, 1.54) is 11.0 Å². The van der Waals surface area contributed by atoms with E-state index in [0.29, 0.717) is 29.2 Å². The van der Waals surface area contributed by atoms with Crippen LogP contribution in [0, 0.1) is 6.92 Å². The van der Waals surface area contributed by atoms with E-state index in [4.69, 9.17) is 0 Å². The Balaban J connectivity index is 1.79. The highest BCUT2D eigenvalue weighted by atomic mass is 16.3. The van der Waals surface area contributed by atoms with Crippen molar-refractivity contribution in [1.82, 2.24) is 9.47 Å². The van der Waals surface area contributed by atoms with E-state index in [0.717, 1.165) is 30.5 Å². The lowest BCUT2D eigenvalue weighted by molar-refractivity contribution is 0.273. The molecule has 2 heterocycles. The normalized spacial score (nSPS) is 17.5. The molecule has 1 aliphatic heterocycles. The van der Waals surface area contributed by atoms with Crippen molar-refractivity contribution in [2.45, 2.75) is 32.7 Å². The van der Waals surface area contributed by atoms with Crippen molar-refractivity contribution in [3.8, 4) is 11.6 Å². The fraction of sp³-hybridized carbons (Fsp3) is 0.333. The molecule has 29 heavy (non-hydrogen) atoms. The second-order valence-electron chi connectivity index (χ2n) is 7.68. The number of nitrogens with zero attached hydrogens (tertiary/aromatic N) is 3. The van der Waals surface area contributed by atoms with Crippen LogP contribution in [0.25, 0.3) is 16.5 Å². The van der Waals surface area contributed by atoms with Crippen LogP contribution < -0.4 is 5.56 Å². The predicted molar refractivity (Wildman–Crippen MR) is 119 cm³/mol. The Bertz CT molecular complexity index is 1100. The molecule has 4 rings (SSSR count). The molecule has 1 atom stereocenters. The molecule has 0 spiro atoms. The Kier molecular flexibility index (Phi) is 5.49. The van der Waals surface area contributed by atoms with Crippen molar-refractivity contribution in [1.29, 1.82) is 0 Å².